The van der Waals surface area contributed by atoms with Crippen LogP contribution >= 0.6 is 0 Å². The molecule has 0 aromatic carbocycles. The van der Waals surface area contributed by atoms with E-state index in [4.69, 9.17) is 5.21 Å². The van der Waals surface area contributed by atoms with Crippen LogP contribution in [-0.4, -0.2) is 15.9 Å². The van der Waals surface area contributed by atoms with E-state index < -0.39 is 0 Å². The number of nitrogens with zero attached hydrogens (tertiary/aromatic N) is 2. The predicted molar refractivity (Wildman–Crippen MR) is 69.4 cm³/mol. The summed E-state index contributed by atoms with van der Waals surface area (Å²) < 4.78 is 0. The third-order valence-electron chi connectivity index (χ3n) is 3.20. The van der Waals surface area contributed by atoms with Gasteiger partial charge in [0.2, 0.25) is 0 Å². The smallest absolute Gasteiger partial charge is 0.0798 e. The van der Waals surface area contributed by atoms with Gasteiger partial charge < -0.3 is 5.21 Å². The molecule has 1 heterocycles. The zero-order valence-electron chi connectivity index (χ0n) is 10.4. The number of aromatic nitrogens is 1. The first-order valence-corrected chi connectivity index (χ1v) is 6.12. The van der Waals surface area contributed by atoms with Crippen molar-refractivity contribution >= 4 is 11.3 Å². The first-order valence-electron chi connectivity index (χ1n) is 6.12. The molecule has 0 atom stereocenters. The summed E-state index contributed by atoms with van der Waals surface area (Å²) in [5.74, 6) is 0. The maximum atomic E-state index is 8.87. The van der Waals surface area contributed by atoms with E-state index in [1.807, 2.05) is 19.2 Å². The SMILES string of the molecule is CCc1cnc(C)cc1C1=CC(=NO)CCC1. The third kappa shape index (κ3) is 2.54. The Bertz CT molecular complexity index is 475. The van der Waals surface area contributed by atoms with Crippen LogP contribution in [0.1, 0.15) is 43.0 Å². The van der Waals surface area contributed by atoms with Crippen LogP contribution < -0.4 is 0 Å². The lowest BCUT2D eigenvalue weighted by molar-refractivity contribution is 0.318. The fraction of sp³-hybridized carbons (Fsp3) is 0.429. The average molecular weight is 230 g/mol. The first-order chi connectivity index (χ1) is 8.24. The van der Waals surface area contributed by atoms with E-state index in [2.05, 4.69) is 23.1 Å². The second-order valence-electron chi connectivity index (χ2n) is 4.45. The largest absolute Gasteiger partial charge is 0.411 e. The van der Waals surface area contributed by atoms with E-state index in [0.717, 1.165) is 37.1 Å². The van der Waals surface area contributed by atoms with Crippen molar-refractivity contribution in [3.63, 3.8) is 0 Å². The van der Waals surface area contributed by atoms with Crippen LogP contribution in [-0.2, 0) is 6.42 Å². The summed E-state index contributed by atoms with van der Waals surface area (Å²) >= 11 is 0. The summed E-state index contributed by atoms with van der Waals surface area (Å²) in [7, 11) is 0. The highest BCUT2D eigenvalue weighted by Crippen LogP contribution is 2.28. The van der Waals surface area contributed by atoms with Gasteiger partial charge >= 0.3 is 0 Å². The molecule has 0 amide bonds. The van der Waals surface area contributed by atoms with Gasteiger partial charge in [-0.1, -0.05) is 12.1 Å². The van der Waals surface area contributed by atoms with Gasteiger partial charge in [-0.2, -0.15) is 0 Å². The first kappa shape index (κ1) is 11.8. The standard InChI is InChI=1S/C14H18N2O/c1-3-11-9-15-10(2)7-14(11)12-5-4-6-13(8-12)16-17/h7-9,17H,3-6H2,1-2H3. The Morgan fingerprint density at radius 3 is 2.94 bits per heavy atom. The van der Waals surface area contributed by atoms with Gasteiger partial charge in [0.25, 0.3) is 0 Å². The van der Waals surface area contributed by atoms with E-state index in [-0.39, 0.29) is 0 Å². The molecule has 1 aromatic rings. The molecular formula is C14H18N2O. The van der Waals surface area contributed by atoms with Crippen molar-refractivity contribution in [2.75, 3.05) is 0 Å². The highest BCUT2D eigenvalue weighted by atomic mass is 16.4. The van der Waals surface area contributed by atoms with Gasteiger partial charge in [-0.05, 0) is 61.4 Å². The van der Waals surface area contributed by atoms with E-state index in [0.29, 0.717) is 0 Å². The van der Waals surface area contributed by atoms with Crippen LogP contribution in [0.25, 0.3) is 5.57 Å². The topological polar surface area (TPSA) is 45.5 Å². The molecule has 0 saturated heterocycles. The molecule has 1 aliphatic rings. The second kappa shape index (κ2) is 5.13. The number of oxime groups is 1. The maximum Gasteiger partial charge on any atom is 0.0798 e. The molecule has 17 heavy (non-hydrogen) atoms. The van der Waals surface area contributed by atoms with E-state index in [9.17, 15) is 0 Å². The molecule has 90 valence electrons. The number of aryl methyl sites for hydroxylation is 2. The van der Waals surface area contributed by atoms with Gasteiger partial charge in [0.05, 0.1) is 5.71 Å². The van der Waals surface area contributed by atoms with Gasteiger partial charge in [0.1, 0.15) is 0 Å². The molecule has 1 aliphatic carbocycles. The van der Waals surface area contributed by atoms with E-state index in [1.165, 1.54) is 16.7 Å². The van der Waals surface area contributed by atoms with Crippen LogP contribution in [0.3, 0.4) is 0 Å². The molecule has 0 saturated carbocycles. The lowest BCUT2D eigenvalue weighted by Gasteiger charge is -2.16. The lowest BCUT2D eigenvalue weighted by atomic mass is 9.90. The van der Waals surface area contributed by atoms with Crippen LogP contribution in [0.15, 0.2) is 23.5 Å². The van der Waals surface area contributed by atoms with Crippen molar-refractivity contribution in [2.24, 2.45) is 5.16 Å². The summed E-state index contributed by atoms with van der Waals surface area (Å²) in [6.45, 7) is 4.15. The Balaban J connectivity index is 2.45. The number of allylic oxidation sites excluding steroid dienone is 2. The van der Waals surface area contributed by atoms with Gasteiger partial charge in [0.15, 0.2) is 0 Å². The Morgan fingerprint density at radius 1 is 1.41 bits per heavy atom. The molecule has 0 aliphatic heterocycles. The normalized spacial score (nSPS) is 18.2. The highest BCUT2D eigenvalue weighted by Gasteiger charge is 2.13. The van der Waals surface area contributed by atoms with Gasteiger partial charge in [-0.3, -0.25) is 4.98 Å². The monoisotopic (exact) mass is 230 g/mol. The Kier molecular flexibility index (Phi) is 3.57. The molecule has 0 unspecified atom stereocenters. The van der Waals surface area contributed by atoms with Crippen molar-refractivity contribution in [2.45, 2.75) is 39.5 Å². The molecule has 0 fully saturated rings. The van der Waals surface area contributed by atoms with Gasteiger partial charge in [-0.15, -0.1) is 0 Å². The molecule has 3 heteroatoms. The zero-order chi connectivity index (χ0) is 12.3. The Hall–Kier alpha value is -1.64. The predicted octanol–water partition coefficient (Wildman–Crippen LogP) is 3.35. The fourth-order valence-electron chi connectivity index (χ4n) is 2.27. The van der Waals surface area contributed by atoms with E-state index in [1.54, 1.807) is 0 Å². The quantitative estimate of drug-likeness (QED) is 0.625. The van der Waals surface area contributed by atoms with Crippen LogP contribution in [0.5, 0.6) is 0 Å². The average Bonchev–Trinajstić information content (AvgIpc) is 2.39. The molecule has 0 bridgehead atoms. The summed E-state index contributed by atoms with van der Waals surface area (Å²) in [5, 5.41) is 12.2. The van der Waals surface area contributed by atoms with Crippen LogP contribution in [0, 0.1) is 6.92 Å². The minimum absolute atomic E-state index is 0.780. The Morgan fingerprint density at radius 2 is 2.24 bits per heavy atom. The van der Waals surface area contributed by atoms with Gasteiger partial charge in [-0.25, -0.2) is 0 Å². The summed E-state index contributed by atoms with van der Waals surface area (Å²) in [4.78, 5) is 4.34. The summed E-state index contributed by atoms with van der Waals surface area (Å²) in [6, 6.07) is 2.13. The maximum absolute atomic E-state index is 8.87. The molecule has 1 N–H and O–H groups in total. The van der Waals surface area contributed by atoms with Crippen molar-refractivity contribution in [1.29, 1.82) is 0 Å². The molecule has 2 rings (SSSR count). The molecule has 1 aromatic heterocycles. The highest BCUT2D eigenvalue weighted by molar-refractivity contribution is 6.02. The third-order valence-corrected chi connectivity index (χ3v) is 3.20. The van der Waals surface area contributed by atoms with Crippen molar-refractivity contribution < 1.29 is 5.21 Å². The zero-order valence-corrected chi connectivity index (χ0v) is 10.4. The molecular weight excluding hydrogens is 212 g/mol. The Labute approximate surface area is 102 Å². The number of pyridine rings is 1. The molecule has 3 nitrogen and oxygen atoms in total. The minimum Gasteiger partial charge on any atom is -0.411 e. The lowest BCUT2D eigenvalue weighted by Crippen LogP contribution is -2.05. The fourth-order valence-corrected chi connectivity index (χ4v) is 2.27. The second-order valence-corrected chi connectivity index (χ2v) is 4.45. The summed E-state index contributed by atoms with van der Waals surface area (Å²) in [6.07, 6.45) is 7.91. The number of hydrogen-bond donors (Lipinski definition) is 1. The number of rotatable bonds is 2. The minimum atomic E-state index is 0.780. The number of hydrogen-bond acceptors (Lipinski definition) is 3. The summed E-state index contributed by atoms with van der Waals surface area (Å²) in [5.41, 5.74) is 5.61. The van der Waals surface area contributed by atoms with Crippen LogP contribution in [0.2, 0.25) is 0 Å². The van der Waals surface area contributed by atoms with Crippen LogP contribution in [0.4, 0.5) is 0 Å². The van der Waals surface area contributed by atoms with Crippen molar-refractivity contribution in [3.8, 4) is 0 Å². The molecule has 0 spiro atoms. The van der Waals surface area contributed by atoms with Crippen molar-refractivity contribution in [3.05, 3.63) is 35.2 Å². The van der Waals surface area contributed by atoms with Crippen molar-refractivity contribution in [1.82, 2.24) is 4.98 Å². The van der Waals surface area contributed by atoms with Gasteiger partial charge in [0, 0.05) is 11.9 Å². The molecule has 0 radical (unpaired) electrons. The van der Waals surface area contributed by atoms with E-state index >= 15 is 0 Å².